The average molecular weight is 280 g/mol. The smallest absolute Gasteiger partial charge is 0.0671 e. The van der Waals surface area contributed by atoms with Crippen LogP contribution in [-0.4, -0.2) is 15.2 Å². The van der Waals surface area contributed by atoms with Gasteiger partial charge in [-0.25, -0.2) is 0 Å². The number of benzene rings is 1. The predicted molar refractivity (Wildman–Crippen MR) is 86.6 cm³/mol. The quantitative estimate of drug-likeness (QED) is 0.760. The number of aryl methyl sites for hydroxylation is 3. The van der Waals surface area contributed by atoms with Crippen molar-refractivity contribution < 1.29 is 0 Å². The van der Waals surface area contributed by atoms with Crippen LogP contribution in [0.25, 0.3) is 10.9 Å². The highest BCUT2D eigenvalue weighted by molar-refractivity contribution is 5.91. The summed E-state index contributed by atoms with van der Waals surface area (Å²) in [4.78, 5) is 4.59. The molecule has 0 saturated heterocycles. The molecule has 0 saturated carbocycles. The van der Waals surface area contributed by atoms with E-state index in [0.29, 0.717) is 0 Å². The van der Waals surface area contributed by atoms with E-state index in [2.05, 4.69) is 53.4 Å². The Balaban J connectivity index is 1.97. The van der Waals surface area contributed by atoms with E-state index in [1.807, 2.05) is 25.3 Å². The van der Waals surface area contributed by atoms with E-state index in [1.54, 1.807) is 0 Å². The molecule has 3 aromatic rings. The van der Waals surface area contributed by atoms with Gasteiger partial charge in [-0.3, -0.25) is 10.1 Å². The van der Waals surface area contributed by atoms with Crippen molar-refractivity contribution >= 4 is 16.6 Å². The number of fused-ring (bicyclic) bond motifs is 1. The van der Waals surface area contributed by atoms with E-state index >= 15 is 0 Å². The largest absolute Gasteiger partial charge is 0.378 e. The fourth-order valence-electron chi connectivity index (χ4n) is 3.09. The molecule has 1 unspecified atom stereocenters. The van der Waals surface area contributed by atoms with Crippen LogP contribution >= 0.6 is 0 Å². The lowest BCUT2D eigenvalue weighted by molar-refractivity contribution is 0.844. The van der Waals surface area contributed by atoms with Crippen LogP contribution in [0, 0.1) is 20.8 Å². The van der Waals surface area contributed by atoms with E-state index in [1.165, 1.54) is 11.1 Å². The van der Waals surface area contributed by atoms with E-state index in [4.69, 9.17) is 0 Å². The lowest BCUT2D eigenvalue weighted by Gasteiger charge is -2.20. The van der Waals surface area contributed by atoms with Gasteiger partial charge in [-0.15, -0.1) is 0 Å². The molecule has 0 aliphatic rings. The van der Waals surface area contributed by atoms with Crippen molar-refractivity contribution in [2.45, 2.75) is 33.7 Å². The second kappa shape index (κ2) is 5.20. The Bertz CT molecular complexity index is 765. The van der Waals surface area contributed by atoms with Crippen molar-refractivity contribution in [1.82, 2.24) is 15.2 Å². The molecule has 0 aliphatic carbocycles. The zero-order valence-corrected chi connectivity index (χ0v) is 12.9. The van der Waals surface area contributed by atoms with Crippen LogP contribution in [0.2, 0.25) is 0 Å². The van der Waals surface area contributed by atoms with Gasteiger partial charge in [0.1, 0.15) is 0 Å². The number of pyridine rings is 1. The monoisotopic (exact) mass is 280 g/mol. The first kappa shape index (κ1) is 13.6. The summed E-state index contributed by atoms with van der Waals surface area (Å²) in [6.07, 6.45) is 1.86. The van der Waals surface area contributed by atoms with Gasteiger partial charge < -0.3 is 5.32 Å². The normalized spacial score (nSPS) is 12.6. The van der Waals surface area contributed by atoms with E-state index in [0.717, 1.165) is 28.0 Å². The number of hydrogen-bond donors (Lipinski definition) is 2. The number of aromatic amines is 1. The Morgan fingerprint density at radius 1 is 1.19 bits per heavy atom. The molecule has 108 valence electrons. The maximum atomic E-state index is 4.59. The molecule has 0 spiro atoms. The number of nitrogens with one attached hydrogen (secondary N) is 2. The molecule has 21 heavy (non-hydrogen) atoms. The molecule has 2 aromatic heterocycles. The third kappa shape index (κ3) is 2.49. The van der Waals surface area contributed by atoms with E-state index in [9.17, 15) is 0 Å². The Labute approximate surface area is 124 Å². The number of aromatic nitrogens is 3. The molecular formula is C17H20N4. The molecule has 0 fully saturated rings. The van der Waals surface area contributed by atoms with Crippen LogP contribution in [0.3, 0.4) is 0 Å². The van der Waals surface area contributed by atoms with Crippen molar-refractivity contribution in [2.75, 3.05) is 5.32 Å². The van der Waals surface area contributed by atoms with Gasteiger partial charge in [0.15, 0.2) is 0 Å². The summed E-state index contributed by atoms with van der Waals surface area (Å²) in [5.74, 6) is 0. The third-order valence-electron chi connectivity index (χ3n) is 3.87. The predicted octanol–water partition coefficient (Wildman–Crippen LogP) is 4.06. The van der Waals surface area contributed by atoms with Gasteiger partial charge in [-0.05, 0) is 57.0 Å². The van der Waals surface area contributed by atoms with Gasteiger partial charge in [0.05, 0.1) is 17.8 Å². The first-order valence-electron chi connectivity index (χ1n) is 7.19. The molecular weight excluding hydrogens is 260 g/mol. The molecule has 2 N–H and O–H groups in total. The van der Waals surface area contributed by atoms with Crippen LogP contribution in [0.4, 0.5) is 5.69 Å². The highest BCUT2D eigenvalue weighted by Crippen LogP contribution is 2.28. The SMILES string of the molecule is Cc1cc(C)c(C(C)Nc2cccc3[nH]ncc23)c(C)n1. The van der Waals surface area contributed by atoms with Gasteiger partial charge in [-0.2, -0.15) is 5.10 Å². The molecule has 0 amide bonds. The van der Waals surface area contributed by atoms with Crippen LogP contribution in [0.15, 0.2) is 30.5 Å². The minimum atomic E-state index is 0.193. The standard InChI is InChI=1S/C17H20N4/c1-10-8-11(2)19-12(3)17(10)13(4)20-15-6-5-7-16-14(15)9-18-21-16/h5-9,13,20H,1-4H3,(H,18,21). The van der Waals surface area contributed by atoms with Crippen LogP contribution in [-0.2, 0) is 0 Å². The Kier molecular flexibility index (Phi) is 3.37. The Hall–Kier alpha value is -2.36. The van der Waals surface area contributed by atoms with Crippen LogP contribution in [0.1, 0.15) is 35.5 Å². The van der Waals surface area contributed by atoms with Crippen LogP contribution < -0.4 is 5.32 Å². The van der Waals surface area contributed by atoms with Crippen molar-refractivity contribution in [2.24, 2.45) is 0 Å². The van der Waals surface area contributed by atoms with Gasteiger partial charge >= 0.3 is 0 Å². The second-order valence-electron chi connectivity index (χ2n) is 5.58. The van der Waals surface area contributed by atoms with E-state index in [-0.39, 0.29) is 6.04 Å². The second-order valence-corrected chi connectivity index (χ2v) is 5.58. The summed E-state index contributed by atoms with van der Waals surface area (Å²) >= 11 is 0. The van der Waals surface area contributed by atoms with Crippen molar-refractivity contribution in [1.29, 1.82) is 0 Å². The molecule has 4 heteroatoms. The zero-order valence-electron chi connectivity index (χ0n) is 12.9. The summed E-state index contributed by atoms with van der Waals surface area (Å²) in [5.41, 5.74) is 6.83. The number of rotatable bonds is 3. The van der Waals surface area contributed by atoms with E-state index < -0.39 is 0 Å². The summed E-state index contributed by atoms with van der Waals surface area (Å²) in [5, 5.41) is 11.8. The fourth-order valence-corrected chi connectivity index (χ4v) is 3.09. The minimum Gasteiger partial charge on any atom is -0.378 e. The van der Waals surface area contributed by atoms with Crippen molar-refractivity contribution in [3.8, 4) is 0 Å². The molecule has 1 aromatic carbocycles. The molecule has 0 aliphatic heterocycles. The van der Waals surface area contributed by atoms with Gasteiger partial charge in [0, 0.05) is 22.5 Å². The highest BCUT2D eigenvalue weighted by Gasteiger charge is 2.14. The maximum absolute atomic E-state index is 4.59. The Morgan fingerprint density at radius 2 is 2.00 bits per heavy atom. The maximum Gasteiger partial charge on any atom is 0.0671 e. The lowest BCUT2D eigenvalue weighted by Crippen LogP contribution is -2.11. The first-order valence-corrected chi connectivity index (χ1v) is 7.19. The highest BCUT2D eigenvalue weighted by atomic mass is 15.1. The summed E-state index contributed by atoms with van der Waals surface area (Å²) < 4.78 is 0. The fraction of sp³-hybridized carbons (Fsp3) is 0.294. The molecule has 4 nitrogen and oxygen atoms in total. The van der Waals surface area contributed by atoms with Gasteiger partial charge in [0.25, 0.3) is 0 Å². The van der Waals surface area contributed by atoms with Crippen molar-refractivity contribution in [3.05, 3.63) is 53.0 Å². The Morgan fingerprint density at radius 3 is 2.76 bits per heavy atom. The topological polar surface area (TPSA) is 53.6 Å². The number of nitrogens with zero attached hydrogens (tertiary/aromatic N) is 2. The summed E-state index contributed by atoms with van der Waals surface area (Å²) in [6.45, 7) is 8.43. The van der Waals surface area contributed by atoms with Gasteiger partial charge in [-0.1, -0.05) is 6.07 Å². The third-order valence-corrected chi connectivity index (χ3v) is 3.87. The molecule has 2 heterocycles. The molecule has 1 atom stereocenters. The lowest BCUT2D eigenvalue weighted by atomic mass is 10.00. The van der Waals surface area contributed by atoms with Crippen molar-refractivity contribution in [3.63, 3.8) is 0 Å². The van der Waals surface area contributed by atoms with Crippen LogP contribution in [0.5, 0.6) is 0 Å². The number of H-pyrrole nitrogens is 1. The number of anilines is 1. The molecule has 0 radical (unpaired) electrons. The average Bonchev–Trinajstić information content (AvgIpc) is 2.86. The van der Waals surface area contributed by atoms with Gasteiger partial charge in [0.2, 0.25) is 0 Å². The molecule has 3 rings (SSSR count). The summed E-state index contributed by atoms with van der Waals surface area (Å²) in [6, 6.07) is 8.48. The number of hydrogen-bond acceptors (Lipinski definition) is 3. The molecule has 0 bridgehead atoms. The first-order chi connectivity index (χ1) is 10.1. The summed E-state index contributed by atoms with van der Waals surface area (Å²) in [7, 11) is 0. The minimum absolute atomic E-state index is 0.193. The zero-order chi connectivity index (χ0) is 15.0.